The van der Waals surface area contributed by atoms with Gasteiger partial charge in [0, 0.05) is 16.2 Å². The van der Waals surface area contributed by atoms with Crippen molar-refractivity contribution in [3.63, 3.8) is 0 Å². The lowest BCUT2D eigenvalue weighted by Crippen LogP contribution is -2.05. The lowest BCUT2D eigenvalue weighted by Gasteiger charge is -2.14. The second kappa shape index (κ2) is 4.19. The molecule has 1 aliphatic rings. The fourth-order valence-corrected chi connectivity index (χ4v) is 1.94. The summed E-state index contributed by atoms with van der Waals surface area (Å²) >= 11 is 3.25. The highest BCUT2D eigenvalue weighted by molar-refractivity contribution is 9.10. The van der Waals surface area contributed by atoms with Gasteiger partial charge in [-0.3, -0.25) is 0 Å². The average molecular weight is 268 g/mol. The molecule has 15 heavy (non-hydrogen) atoms. The van der Waals surface area contributed by atoms with E-state index >= 15 is 0 Å². The third-order valence-corrected chi connectivity index (χ3v) is 2.83. The van der Waals surface area contributed by atoms with Gasteiger partial charge in [0.05, 0.1) is 0 Å². The van der Waals surface area contributed by atoms with E-state index in [1.165, 1.54) is 11.6 Å². The molecule has 78 valence electrons. The predicted octanol–water partition coefficient (Wildman–Crippen LogP) is 3.83. The Hall–Kier alpha value is -1.09. The summed E-state index contributed by atoms with van der Waals surface area (Å²) in [6.45, 7) is 2.02. The summed E-state index contributed by atoms with van der Waals surface area (Å²) in [5.41, 5.74) is 2.85. The fourth-order valence-electron chi connectivity index (χ4n) is 1.61. The number of rotatable bonds is 1. The standard InChI is InChI=1S/C12H11BrFN/c1-8-4-9(7-15-6-8)11-3-2-10(13)5-12(11)14/h2-3,5-7,15H,4H2,1H3. The molecule has 1 aromatic rings. The topological polar surface area (TPSA) is 12.0 Å². The Morgan fingerprint density at radius 2 is 2.13 bits per heavy atom. The predicted molar refractivity (Wildman–Crippen MR) is 63.6 cm³/mol. The molecule has 0 atom stereocenters. The molecule has 1 aromatic carbocycles. The highest BCUT2D eigenvalue weighted by Crippen LogP contribution is 2.27. The van der Waals surface area contributed by atoms with Crippen LogP contribution in [0.2, 0.25) is 0 Å². The normalized spacial score (nSPS) is 15.4. The van der Waals surface area contributed by atoms with Gasteiger partial charge in [0.15, 0.2) is 0 Å². The van der Waals surface area contributed by atoms with Crippen molar-refractivity contribution in [2.24, 2.45) is 0 Å². The van der Waals surface area contributed by atoms with Crippen LogP contribution in [0.25, 0.3) is 5.57 Å². The molecule has 0 unspecified atom stereocenters. The minimum Gasteiger partial charge on any atom is -0.367 e. The van der Waals surface area contributed by atoms with Crippen LogP contribution >= 0.6 is 15.9 Å². The first kappa shape index (κ1) is 10.4. The molecule has 0 fully saturated rings. The molecule has 1 nitrogen and oxygen atoms in total. The summed E-state index contributed by atoms with van der Waals surface area (Å²) in [5.74, 6) is -0.188. The van der Waals surface area contributed by atoms with Crippen LogP contribution in [0.1, 0.15) is 18.9 Å². The van der Waals surface area contributed by atoms with Crippen molar-refractivity contribution < 1.29 is 4.39 Å². The Labute approximate surface area is 96.8 Å². The van der Waals surface area contributed by atoms with Crippen molar-refractivity contribution in [3.05, 3.63) is 52.0 Å². The summed E-state index contributed by atoms with van der Waals surface area (Å²) in [5, 5.41) is 3.02. The van der Waals surface area contributed by atoms with E-state index in [4.69, 9.17) is 0 Å². The second-order valence-electron chi connectivity index (χ2n) is 3.63. The van der Waals surface area contributed by atoms with Crippen molar-refractivity contribution in [1.29, 1.82) is 0 Å². The zero-order valence-electron chi connectivity index (χ0n) is 8.35. The molecule has 2 rings (SSSR count). The SMILES string of the molecule is CC1=CNC=C(c2ccc(Br)cc2F)C1. The summed E-state index contributed by atoms with van der Waals surface area (Å²) in [4.78, 5) is 0. The molecule has 0 aromatic heterocycles. The van der Waals surface area contributed by atoms with Gasteiger partial charge in [-0.05, 0) is 37.3 Å². The maximum atomic E-state index is 13.6. The van der Waals surface area contributed by atoms with E-state index in [0.717, 1.165) is 16.5 Å². The van der Waals surface area contributed by atoms with Gasteiger partial charge in [-0.2, -0.15) is 0 Å². The van der Waals surface area contributed by atoms with Gasteiger partial charge in [0.2, 0.25) is 0 Å². The number of hydrogen-bond acceptors (Lipinski definition) is 1. The van der Waals surface area contributed by atoms with E-state index in [2.05, 4.69) is 21.2 Å². The fraction of sp³-hybridized carbons (Fsp3) is 0.167. The molecule has 0 radical (unpaired) electrons. The summed E-state index contributed by atoms with van der Waals surface area (Å²) in [6, 6.07) is 5.14. The summed E-state index contributed by atoms with van der Waals surface area (Å²) in [7, 11) is 0. The largest absolute Gasteiger partial charge is 0.367 e. The van der Waals surface area contributed by atoms with Crippen LogP contribution < -0.4 is 5.32 Å². The van der Waals surface area contributed by atoms with Gasteiger partial charge < -0.3 is 5.32 Å². The minimum atomic E-state index is -0.188. The Bertz CT molecular complexity index is 449. The van der Waals surface area contributed by atoms with E-state index in [-0.39, 0.29) is 5.82 Å². The van der Waals surface area contributed by atoms with Gasteiger partial charge in [0.25, 0.3) is 0 Å². The Morgan fingerprint density at radius 1 is 1.33 bits per heavy atom. The molecule has 1 aliphatic heterocycles. The first-order chi connectivity index (χ1) is 7.16. The molecule has 0 amide bonds. The average Bonchev–Trinajstić information content (AvgIpc) is 2.17. The number of halogens is 2. The van der Waals surface area contributed by atoms with Crippen LogP contribution in [0.15, 0.2) is 40.6 Å². The molecule has 1 heterocycles. The number of dihydropyridines is 1. The zero-order valence-corrected chi connectivity index (χ0v) is 9.94. The van der Waals surface area contributed by atoms with Crippen LogP contribution in [0.3, 0.4) is 0 Å². The van der Waals surface area contributed by atoms with E-state index in [0.29, 0.717) is 5.56 Å². The highest BCUT2D eigenvalue weighted by atomic mass is 79.9. The number of nitrogens with one attached hydrogen (secondary N) is 1. The Morgan fingerprint density at radius 3 is 2.80 bits per heavy atom. The summed E-state index contributed by atoms with van der Waals surface area (Å²) < 4.78 is 14.4. The van der Waals surface area contributed by atoms with E-state index in [1.807, 2.05) is 25.4 Å². The smallest absolute Gasteiger partial charge is 0.131 e. The third-order valence-electron chi connectivity index (χ3n) is 2.33. The van der Waals surface area contributed by atoms with E-state index in [9.17, 15) is 4.39 Å². The lowest BCUT2D eigenvalue weighted by atomic mass is 9.98. The lowest BCUT2D eigenvalue weighted by molar-refractivity contribution is 0.622. The molecule has 0 saturated heterocycles. The van der Waals surface area contributed by atoms with Crippen molar-refractivity contribution in [1.82, 2.24) is 5.32 Å². The second-order valence-corrected chi connectivity index (χ2v) is 4.54. The quantitative estimate of drug-likeness (QED) is 0.816. The van der Waals surface area contributed by atoms with Crippen molar-refractivity contribution in [2.45, 2.75) is 13.3 Å². The van der Waals surface area contributed by atoms with Crippen molar-refractivity contribution in [3.8, 4) is 0 Å². The van der Waals surface area contributed by atoms with Gasteiger partial charge in [0.1, 0.15) is 5.82 Å². The summed E-state index contributed by atoms with van der Waals surface area (Å²) in [6.07, 6.45) is 4.57. The van der Waals surface area contributed by atoms with Crippen molar-refractivity contribution >= 4 is 21.5 Å². The first-order valence-corrected chi connectivity index (χ1v) is 5.52. The van der Waals surface area contributed by atoms with E-state index in [1.54, 1.807) is 6.07 Å². The molecule has 3 heteroatoms. The number of hydrogen-bond donors (Lipinski definition) is 1. The van der Waals surface area contributed by atoms with E-state index < -0.39 is 0 Å². The van der Waals surface area contributed by atoms with Crippen LogP contribution in [-0.4, -0.2) is 0 Å². The first-order valence-electron chi connectivity index (χ1n) is 4.73. The maximum Gasteiger partial charge on any atom is 0.131 e. The van der Waals surface area contributed by atoms with Crippen LogP contribution in [0.5, 0.6) is 0 Å². The van der Waals surface area contributed by atoms with Crippen LogP contribution in [-0.2, 0) is 0 Å². The Kier molecular flexibility index (Phi) is 2.91. The van der Waals surface area contributed by atoms with Crippen LogP contribution in [0, 0.1) is 5.82 Å². The highest BCUT2D eigenvalue weighted by Gasteiger charge is 2.10. The molecular weight excluding hydrogens is 257 g/mol. The number of benzene rings is 1. The molecule has 0 spiro atoms. The van der Waals surface area contributed by atoms with Crippen LogP contribution in [0.4, 0.5) is 4.39 Å². The van der Waals surface area contributed by atoms with Gasteiger partial charge in [-0.1, -0.05) is 27.6 Å². The maximum absolute atomic E-state index is 13.6. The molecule has 0 saturated carbocycles. The third kappa shape index (κ3) is 2.29. The van der Waals surface area contributed by atoms with Crippen molar-refractivity contribution in [2.75, 3.05) is 0 Å². The van der Waals surface area contributed by atoms with Gasteiger partial charge in [-0.15, -0.1) is 0 Å². The molecule has 1 N–H and O–H groups in total. The molecular formula is C12H11BrFN. The van der Waals surface area contributed by atoms with Gasteiger partial charge in [-0.25, -0.2) is 4.39 Å². The zero-order chi connectivity index (χ0) is 10.8. The Balaban J connectivity index is 2.34. The molecule has 0 bridgehead atoms. The monoisotopic (exact) mass is 267 g/mol. The number of allylic oxidation sites excluding steroid dienone is 2. The molecule has 0 aliphatic carbocycles. The van der Waals surface area contributed by atoms with Gasteiger partial charge >= 0.3 is 0 Å². The minimum absolute atomic E-state index is 0.188.